The predicted molar refractivity (Wildman–Crippen MR) is 89.4 cm³/mol. The largest absolute Gasteiger partial charge is 0.390 e. The average molecular weight is 310 g/mol. The fourth-order valence-electron chi connectivity index (χ4n) is 4.33. The third-order valence-corrected chi connectivity index (χ3v) is 5.46. The molecule has 2 aromatic carbocycles. The van der Waals surface area contributed by atoms with E-state index in [1.54, 1.807) is 0 Å². The highest BCUT2D eigenvalue weighted by Crippen LogP contribution is 2.46. The first kappa shape index (κ1) is 14.9. The first-order valence-electron chi connectivity index (χ1n) is 8.52. The number of benzene rings is 2. The third-order valence-electron chi connectivity index (χ3n) is 5.46. The van der Waals surface area contributed by atoms with Crippen molar-refractivity contribution in [2.75, 3.05) is 0 Å². The van der Waals surface area contributed by atoms with Gasteiger partial charge in [-0.3, -0.25) is 4.79 Å². The van der Waals surface area contributed by atoms with Gasteiger partial charge in [-0.1, -0.05) is 49.4 Å². The van der Waals surface area contributed by atoms with E-state index in [0.717, 1.165) is 6.42 Å². The van der Waals surface area contributed by atoms with Gasteiger partial charge in [0.25, 0.3) is 0 Å². The number of aliphatic hydroxyl groups is 1. The van der Waals surface area contributed by atoms with Crippen LogP contribution < -0.4 is 0 Å². The number of carbonyl (C=O) groups is 1. The lowest BCUT2D eigenvalue weighted by Crippen LogP contribution is -2.42. The Kier molecular flexibility index (Phi) is 3.70. The lowest BCUT2D eigenvalue weighted by molar-refractivity contribution is -0.137. The lowest BCUT2D eigenvalue weighted by atomic mass is 9.75. The van der Waals surface area contributed by atoms with E-state index < -0.39 is 6.10 Å². The zero-order chi connectivity index (χ0) is 16.0. The van der Waals surface area contributed by atoms with Gasteiger partial charge in [-0.25, -0.2) is 0 Å². The van der Waals surface area contributed by atoms with Crippen molar-refractivity contribution in [1.29, 1.82) is 0 Å². The van der Waals surface area contributed by atoms with E-state index in [0.29, 0.717) is 12.8 Å². The van der Waals surface area contributed by atoms with Gasteiger partial charge < -0.3 is 9.84 Å². The van der Waals surface area contributed by atoms with E-state index in [2.05, 4.69) is 30.3 Å². The minimum atomic E-state index is -0.508. The van der Waals surface area contributed by atoms with Crippen LogP contribution in [0.1, 0.15) is 37.7 Å². The molecule has 5 atom stereocenters. The van der Waals surface area contributed by atoms with Crippen molar-refractivity contribution < 1.29 is 14.6 Å². The second-order valence-corrected chi connectivity index (χ2v) is 6.82. The Hall–Kier alpha value is -1.71. The number of ketones is 1. The van der Waals surface area contributed by atoms with Gasteiger partial charge in [-0.2, -0.15) is 0 Å². The van der Waals surface area contributed by atoms with E-state index in [-0.39, 0.29) is 29.8 Å². The summed E-state index contributed by atoms with van der Waals surface area (Å²) in [5, 5.41) is 12.7. The molecule has 2 saturated heterocycles. The van der Waals surface area contributed by atoms with Gasteiger partial charge in [-0.15, -0.1) is 0 Å². The molecule has 23 heavy (non-hydrogen) atoms. The minimum absolute atomic E-state index is 0.0763. The van der Waals surface area contributed by atoms with Crippen molar-refractivity contribution in [2.24, 2.45) is 5.92 Å². The van der Waals surface area contributed by atoms with Crippen molar-refractivity contribution in [3.63, 3.8) is 0 Å². The fourth-order valence-corrected chi connectivity index (χ4v) is 4.33. The summed E-state index contributed by atoms with van der Waals surface area (Å²) in [6, 6.07) is 14.8. The van der Waals surface area contributed by atoms with Gasteiger partial charge in [0, 0.05) is 12.8 Å². The number of aliphatic hydroxyl groups excluding tert-OH is 1. The first-order valence-corrected chi connectivity index (χ1v) is 8.52. The van der Waals surface area contributed by atoms with E-state index in [1.165, 1.54) is 16.3 Å². The number of Topliss-reactive ketones (excluding diaryl/α,β-unsaturated/α-hetero) is 1. The zero-order valence-corrected chi connectivity index (χ0v) is 13.3. The van der Waals surface area contributed by atoms with Crippen molar-refractivity contribution >= 4 is 16.6 Å². The summed E-state index contributed by atoms with van der Waals surface area (Å²) in [4.78, 5) is 12.6. The highest BCUT2D eigenvalue weighted by Gasteiger charge is 2.50. The molecule has 0 spiro atoms. The first-order chi connectivity index (χ1) is 11.2. The molecule has 0 aliphatic carbocycles. The summed E-state index contributed by atoms with van der Waals surface area (Å²) < 4.78 is 5.91. The molecule has 0 saturated carbocycles. The Morgan fingerprint density at radius 3 is 2.74 bits per heavy atom. The molecule has 2 unspecified atom stereocenters. The van der Waals surface area contributed by atoms with Gasteiger partial charge in [0.2, 0.25) is 0 Å². The van der Waals surface area contributed by atoms with Crippen molar-refractivity contribution in [3.05, 3.63) is 48.0 Å². The van der Waals surface area contributed by atoms with Crippen LogP contribution in [-0.2, 0) is 9.53 Å². The number of rotatable bonds is 3. The monoisotopic (exact) mass is 310 g/mol. The van der Waals surface area contributed by atoms with Crippen LogP contribution in [-0.4, -0.2) is 29.2 Å². The van der Waals surface area contributed by atoms with Crippen molar-refractivity contribution in [2.45, 2.75) is 50.4 Å². The van der Waals surface area contributed by atoms with Crippen LogP contribution in [0.25, 0.3) is 10.8 Å². The maximum Gasteiger partial charge on any atom is 0.139 e. The fraction of sp³-hybridized carbons (Fsp3) is 0.450. The molecule has 2 fully saturated rings. The number of ether oxygens (including phenoxy) is 1. The third kappa shape index (κ3) is 2.48. The lowest BCUT2D eigenvalue weighted by Gasteiger charge is -2.36. The zero-order valence-electron chi connectivity index (χ0n) is 13.3. The standard InChI is InChI=1S/C20H22O3/c1-2-17(21)19-16(10-15-11-18(22)20(19)23-15)14-8-7-12-5-3-4-6-13(12)9-14/h3-9,15-16,18-20,22H,2,10-11H2,1H3/t15?,16-,18?,19+,20-/m0/s1. The Morgan fingerprint density at radius 2 is 1.96 bits per heavy atom. The van der Waals surface area contributed by atoms with E-state index >= 15 is 0 Å². The molecule has 0 radical (unpaired) electrons. The topological polar surface area (TPSA) is 46.5 Å². The molecule has 2 aliphatic rings. The highest BCUT2D eigenvalue weighted by molar-refractivity contribution is 5.85. The molecule has 2 bridgehead atoms. The summed E-state index contributed by atoms with van der Waals surface area (Å²) in [6.45, 7) is 1.90. The van der Waals surface area contributed by atoms with Gasteiger partial charge in [0.05, 0.1) is 24.2 Å². The van der Waals surface area contributed by atoms with Gasteiger partial charge in [-0.05, 0) is 28.7 Å². The molecule has 0 aromatic heterocycles. The summed E-state index contributed by atoms with van der Waals surface area (Å²) in [5.41, 5.74) is 1.20. The summed E-state index contributed by atoms with van der Waals surface area (Å²) in [5.74, 6) is 0.121. The van der Waals surface area contributed by atoms with Crippen LogP contribution in [0, 0.1) is 5.92 Å². The summed E-state index contributed by atoms with van der Waals surface area (Å²) in [7, 11) is 0. The predicted octanol–water partition coefficient (Wildman–Crippen LogP) is 3.44. The van der Waals surface area contributed by atoms with Crippen LogP contribution in [0.3, 0.4) is 0 Å². The average Bonchev–Trinajstić information content (AvgIpc) is 2.88. The van der Waals surface area contributed by atoms with Crippen LogP contribution >= 0.6 is 0 Å². The minimum Gasteiger partial charge on any atom is -0.390 e. The van der Waals surface area contributed by atoms with E-state index in [9.17, 15) is 9.90 Å². The molecule has 4 rings (SSSR count). The highest BCUT2D eigenvalue weighted by atomic mass is 16.5. The SMILES string of the molecule is CCC(=O)[C@H]1[C@H](c2ccc3ccccc3c2)CC2CC(O)[C@@H]1O2. The molecular weight excluding hydrogens is 288 g/mol. The molecule has 2 aliphatic heterocycles. The quantitative estimate of drug-likeness (QED) is 0.944. The Balaban J connectivity index is 1.76. The van der Waals surface area contributed by atoms with Gasteiger partial charge in [0.15, 0.2) is 0 Å². The molecule has 3 heteroatoms. The van der Waals surface area contributed by atoms with Crippen LogP contribution in [0.4, 0.5) is 0 Å². The maximum absolute atomic E-state index is 12.6. The van der Waals surface area contributed by atoms with Crippen LogP contribution in [0.15, 0.2) is 42.5 Å². The van der Waals surface area contributed by atoms with Crippen molar-refractivity contribution in [1.82, 2.24) is 0 Å². The Bertz CT molecular complexity index is 738. The number of hydrogen-bond donors (Lipinski definition) is 1. The number of carbonyl (C=O) groups excluding carboxylic acids is 1. The molecule has 2 aromatic rings. The number of fused-ring (bicyclic) bond motifs is 3. The molecule has 3 nitrogen and oxygen atoms in total. The smallest absolute Gasteiger partial charge is 0.139 e. The summed E-state index contributed by atoms with van der Waals surface area (Å²) >= 11 is 0. The molecule has 120 valence electrons. The van der Waals surface area contributed by atoms with Gasteiger partial charge in [0.1, 0.15) is 5.78 Å². The normalized spacial score (nSPS) is 33.0. The second kappa shape index (κ2) is 5.73. The molecular formula is C20H22O3. The maximum atomic E-state index is 12.6. The van der Waals surface area contributed by atoms with Crippen LogP contribution in [0.5, 0.6) is 0 Å². The Labute approximate surface area is 136 Å². The number of hydrogen-bond acceptors (Lipinski definition) is 3. The summed E-state index contributed by atoms with van der Waals surface area (Å²) in [6.07, 6.45) is 1.20. The van der Waals surface area contributed by atoms with E-state index in [4.69, 9.17) is 4.74 Å². The van der Waals surface area contributed by atoms with Crippen molar-refractivity contribution in [3.8, 4) is 0 Å². The molecule has 2 heterocycles. The molecule has 0 amide bonds. The van der Waals surface area contributed by atoms with E-state index in [1.807, 2.05) is 19.1 Å². The second-order valence-electron chi connectivity index (χ2n) is 6.82. The van der Waals surface area contributed by atoms with Gasteiger partial charge >= 0.3 is 0 Å². The molecule has 1 N–H and O–H groups in total. The van der Waals surface area contributed by atoms with Crippen LogP contribution in [0.2, 0.25) is 0 Å². The Morgan fingerprint density at radius 1 is 1.17 bits per heavy atom.